The Kier molecular flexibility index (Phi) is 4.50. The normalized spacial score (nSPS) is 29.3. The first-order valence-corrected chi connectivity index (χ1v) is 8.59. The summed E-state index contributed by atoms with van der Waals surface area (Å²) in [7, 11) is 4.15. The Morgan fingerprint density at radius 1 is 1.35 bits per heavy atom. The van der Waals surface area contributed by atoms with Gasteiger partial charge in [0.05, 0.1) is 6.61 Å². The van der Waals surface area contributed by atoms with Gasteiger partial charge in [-0.2, -0.15) is 5.26 Å². The quantitative estimate of drug-likeness (QED) is 0.918. The number of piperidine rings is 2. The van der Waals surface area contributed by atoms with Crippen molar-refractivity contribution < 1.29 is 5.11 Å². The number of hydrogen-bond donors (Lipinski definition) is 1. The van der Waals surface area contributed by atoms with Crippen molar-refractivity contribution in [2.24, 2.45) is 12.5 Å². The molecular weight excluding hydrogens is 288 g/mol. The van der Waals surface area contributed by atoms with Crippen LogP contribution in [-0.2, 0) is 13.6 Å². The van der Waals surface area contributed by atoms with E-state index in [0.29, 0.717) is 12.6 Å². The summed E-state index contributed by atoms with van der Waals surface area (Å²) in [4.78, 5) is 4.92. The molecule has 1 aromatic heterocycles. The van der Waals surface area contributed by atoms with Crippen LogP contribution in [0.4, 0.5) is 0 Å². The second-order valence-corrected chi connectivity index (χ2v) is 7.42. The van der Waals surface area contributed by atoms with E-state index < -0.39 is 0 Å². The molecule has 2 aliphatic heterocycles. The monoisotopic (exact) mass is 316 g/mol. The van der Waals surface area contributed by atoms with Crippen molar-refractivity contribution in [3.8, 4) is 6.07 Å². The fourth-order valence-electron chi connectivity index (χ4n) is 4.49. The lowest BCUT2D eigenvalue weighted by atomic mass is 9.69. The minimum atomic E-state index is 0.0903. The first kappa shape index (κ1) is 16.5. The topological polar surface area (TPSA) is 55.4 Å². The van der Waals surface area contributed by atoms with Crippen molar-refractivity contribution in [2.45, 2.75) is 38.8 Å². The molecular formula is C18H28N4O. The van der Waals surface area contributed by atoms with Crippen LogP contribution in [0, 0.1) is 23.7 Å². The SMILES string of the molecule is Cc1c(CN2CC[C@@]3(CO)CCCN(C)[C@@H]3C2)cc(C#N)n1C. The van der Waals surface area contributed by atoms with Crippen molar-refractivity contribution in [2.75, 3.05) is 33.3 Å². The molecule has 0 amide bonds. The maximum atomic E-state index is 10.0. The third kappa shape index (κ3) is 2.80. The molecule has 126 valence electrons. The number of likely N-dealkylation sites (tertiary alicyclic amines) is 2. The Morgan fingerprint density at radius 2 is 2.13 bits per heavy atom. The zero-order chi connectivity index (χ0) is 16.6. The summed E-state index contributed by atoms with van der Waals surface area (Å²) in [5.74, 6) is 0. The Bertz CT molecular complexity index is 617. The van der Waals surface area contributed by atoms with Gasteiger partial charge in [0.15, 0.2) is 0 Å². The second-order valence-electron chi connectivity index (χ2n) is 7.42. The summed E-state index contributed by atoms with van der Waals surface area (Å²) in [6, 6.07) is 4.73. The van der Waals surface area contributed by atoms with Crippen molar-refractivity contribution in [3.63, 3.8) is 0 Å². The average molecular weight is 316 g/mol. The van der Waals surface area contributed by atoms with Gasteiger partial charge >= 0.3 is 0 Å². The highest BCUT2D eigenvalue weighted by molar-refractivity contribution is 5.34. The van der Waals surface area contributed by atoms with Gasteiger partial charge in [-0.1, -0.05) is 0 Å². The molecule has 2 atom stereocenters. The van der Waals surface area contributed by atoms with Gasteiger partial charge < -0.3 is 14.6 Å². The van der Waals surface area contributed by atoms with Crippen molar-refractivity contribution in [3.05, 3.63) is 23.0 Å². The Morgan fingerprint density at radius 3 is 2.78 bits per heavy atom. The van der Waals surface area contributed by atoms with Crippen LogP contribution in [0.2, 0.25) is 0 Å². The van der Waals surface area contributed by atoms with Crippen LogP contribution in [0.3, 0.4) is 0 Å². The highest BCUT2D eigenvalue weighted by Crippen LogP contribution is 2.41. The largest absolute Gasteiger partial charge is 0.396 e. The van der Waals surface area contributed by atoms with E-state index in [9.17, 15) is 10.4 Å². The van der Waals surface area contributed by atoms with E-state index in [-0.39, 0.29) is 5.41 Å². The van der Waals surface area contributed by atoms with Gasteiger partial charge in [0, 0.05) is 37.3 Å². The van der Waals surface area contributed by atoms with Gasteiger partial charge in [0.1, 0.15) is 11.8 Å². The molecule has 1 N–H and O–H groups in total. The van der Waals surface area contributed by atoms with E-state index in [2.05, 4.69) is 29.8 Å². The van der Waals surface area contributed by atoms with Crippen molar-refractivity contribution in [1.29, 1.82) is 5.26 Å². The third-order valence-corrected chi connectivity index (χ3v) is 6.25. The molecule has 0 unspecified atom stereocenters. The van der Waals surface area contributed by atoms with E-state index in [1.54, 1.807) is 0 Å². The predicted octanol–water partition coefficient (Wildman–Crippen LogP) is 1.48. The van der Waals surface area contributed by atoms with E-state index in [0.717, 1.165) is 44.7 Å². The van der Waals surface area contributed by atoms with Crippen LogP contribution in [-0.4, -0.2) is 58.8 Å². The predicted molar refractivity (Wildman–Crippen MR) is 89.9 cm³/mol. The molecule has 0 bridgehead atoms. The summed E-state index contributed by atoms with van der Waals surface area (Å²) < 4.78 is 1.98. The van der Waals surface area contributed by atoms with Crippen LogP contribution in [0.1, 0.15) is 36.2 Å². The van der Waals surface area contributed by atoms with E-state index in [4.69, 9.17) is 0 Å². The third-order valence-electron chi connectivity index (χ3n) is 6.25. The second kappa shape index (κ2) is 6.27. The number of rotatable bonds is 3. The molecule has 23 heavy (non-hydrogen) atoms. The lowest BCUT2D eigenvalue weighted by molar-refractivity contribution is -0.0684. The molecule has 2 saturated heterocycles. The van der Waals surface area contributed by atoms with Crippen LogP contribution in [0.5, 0.6) is 0 Å². The number of aliphatic hydroxyl groups is 1. The van der Waals surface area contributed by atoms with Gasteiger partial charge in [-0.25, -0.2) is 0 Å². The molecule has 5 nitrogen and oxygen atoms in total. The highest BCUT2D eigenvalue weighted by Gasteiger charge is 2.46. The van der Waals surface area contributed by atoms with Crippen LogP contribution >= 0.6 is 0 Å². The fraction of sp³-hybridized carbons (Fsp3) is 0.722. The standard InChI is InChI=1S/C18H28N4O/c1-14-15(9-16(10-19)21(14)3)11-22-8-6-18(13-23)5-4-7-20(2)17(18)12-22/h9,17,23H,4-8,11-13H2,1-3H3/t17-,18-/m1/s1. The molecule has 0 radical (unpaired) electrons. The van der Waals surface area contributed by atoms with Crippen LogP contribution in [0.15, 0.2) is 6.07 Å². The number of hydrogen-bond acceptors (Lipinski definition) is 4. The highest BCUT2D eigenvalue weighted by atomic mass is 16.3. The molecule has 0 saturated carbocycles. The Hall–Kier alpha value is -1.35. The number of nitrogens with zero attached hydrogens (tertiary/aromatic N) is 4. The number of likely N-dealkylation sites (N-methyl/N-ethyl adjacent to an activating group) is 1. The maximum absolute atomic E-state index is 10.0. The summed E-state index contributed by atoms with van der Waals surface area (Å²) in [6.45, 7) is 6.45. The Labute approximate surface area is 139 Å². The smallest absolute Gasteiger partial charge is 0.120 e. The summed E-state index contributed by atoms with van der Waals surface area (Å²) in [5.41, 5.74) is 3.25. The lowest BCUT2D eigenvalue weighted by Crippen LogP contribution is -2.61. The molecule has 0 spiro atoms. The summed E-state index contributed by atoms with van der Waals surface area (Å²) >= 11 is 0. The number of aromatic nitrogens is 1. The van der Waals surface area contributed by atoms with Gasteiger partial charge in [0.25, 0.3) is 0 Å². The van der Waals surface area contributed by atoms with E-state index in [1.807, 2.05) is 17.7 Å². The first-order valence-electron chi connectivity index (χ1n) is 8.59. The molecule has 3 rings (SSSR count). The fourth-order valence-corrected chi connectivity index (χ4v) is 4.49. The van der Waals surface area contributed by atoms with Crippen LogP contribution < -0.4 is 0 Å². The molecule has 0 aliphatic carbocycles. The summed E-state index contributed by atoms with van der Waals surface area (Å²) in [5, 5.41) is 19.2. The van der Waals surface area contributed by atoms with E-state index in [1.165, 1.54) is 17.7 Å². The zero-order valence-corrected chi connectivity index (χ0v) is 14.5. The molecule has 3 heterocycles. The van der Waals surface area contributed by atoms with Crippen molar-refractivity contribution in [1.82, 2.24) is 14.4 Å². The number of aliphatic hydroxyl groups excluding tert-OH is 1. The minimum absolute atomic E-state index is 0.0903. The number of nitriles is 1. The van der Waals surface area contributed by atoms with Gasteiger partial charge in [-0.15, -0.1) is 0 Å². The molecule has 1 aromatic rings. The molecule has 5 heteroatoms. The molecule has 0 aromatic carbocycles. The maximum Gasteiger partial charge on any atom is 0.120 e. The average Bonchev–Trinajstić information content (AvgIpc) is 2.83. The molecule has 2 fully saturated rings. The van der Waals surface area contributed by atoms with Gasteiger partial charge in [-0.05, 0) is 58.0 Å². The number of fused-ring (bicyclic) bond motifs is 1. The molecule has 2 aliphatic rings. The zero-order valence-electron chi connectivity index (χ0n) is 14.5. The lowest BCUT2D eigenvalue weighted by Gasteiger charge is -2.53. The van der Waals surface area contributed by atoms with Gasteiger partial charge in [-0.3, -0.25) is 4.90 Å². The van der Waals surface area contributed by atoms with Crippen LogP contribution in [0.25, 0.3) is 0 Å². The first-order chi connectivity index (χ1) is 11.0. The van der Waals surface area contributed by atoms with Gasteiger partial charge in [0.2, 0.25) is 0 Å². The minimum Gasteiger partial charge on any atom is -0.396 e. The van der Waals surface area contributed by atoms with E-state index >= 15 is 0 Å². The summed E-state index contributed by atoms with van der Waals surface area (Å²) in [6.07, 6.45) is 3.40. The Balaban J connectivity index is 1.75. The van der Waals surface area contributed by atoms with Crippen molar-refractivity contribution >= 4 is 0 Å².